The Balaban J connectivity index is 0.00000442. The highest BCUT2D eigenvalue weighted by atomic mass is 35.5. The van der Waals surface area contributed by atoms with Crippen molar-refractivity contribution >= 4 is 59.2 Å². The zero-order valence-corrected chi connectivity index (χ0v) is 27.5. The molecule has 1 fully saturated rings. The van der Waals surface area contributed by atoms with Gasteiger partial charge in [-0.25, -0.2) is 4.98 Å². The fourth-order valence-electron chi connectivity index (χ4n) is 4.97. The average molecular weight is 673 g/mol. The van der Waals surface area contributed by atoms with Gasteiger partial charge < -0.3 is 14.4 Å². The summed E-state index contributed by atoms with van der Waals surface area (Å²) < 4.78 is 11.9. The van der Waals surface area contributed by atoms with Crippen LogP contribution in [0, 0.1) is 13.8 Å². The standard InChI is InChI=1S/C34H32Cl3N3O3.ClH/c1-23-3-5-25(6-4-23)21-39-12-14-40(15-13-39)32(11-16-41)27-17-24(2)34(31(37)19-27)43-33-10-8-28(20-38-33)42-22-26-7-9-29(35)30(36)18-26;/h3-11,16-20H,12-15,21-22H2,1-2H3;1H/b32-11+;. The van der Waals surface area contributed by atoms with Gasteiger partial charge in [-0.15, -0.1) is 12.4 Å². The first kappa shape index (κ1) is 33.6. The van der Waals surface area contributed by atoms with E-state index in [1.807, 2.05) is 25.1 Å². The lowest BCUT2D eigenvalue weighted by Crippen LogP contribution is -2.45. The molecule has 2 heterocycles. The fraction of sp³-hybridized carbons (Fsp3) is 0.235. The van der Waals surface area contributed by atoms with Crippen molar-refractivity contribution in [2.45, 2.75) is 27.0 Å². The lowest BCUT2D eigenvalue weighted by molar-refractivity contribution is -0.104. The topological polar surface area (TPSA) is 54.9 Å². The number of allylic oxidation sites excluding steroid dienone is 1. The van der Waals surface area contributed by atoms with Gasteiger partial charge in [-0.1, -0.05) is 70.7 Å². The Morgan fingerprint density at radius 2 is 1.59 bits per heavy atom. The number of pyridine rings is 1. The third kappa shape index (κ3) is 8.68. The Labute approximate surface area is 279 Å². The van der Waals surface area contributed by atoms with Gasteiger partial charge in [-0.3, -0.25) is 9.69 Å². The monoisotopic (exact) mass is 671 g/mol. The quantitative estimate of drug-likeness (QED) is 0.124. The van der Waals surface area contributed by atoms with E-state index < -0.39 is 0 Å². The van der Waals surface area contributed by atoms with Crippen LogP contribution in [0.15, 0.2) is 79.0 Å². The summed E-state index contributed by atoms with van der Waals surface area (Å²) in [7, 11) is 0. The SMILES string of the molecule is Cc1ccc(CN2CCN(/C(=C/C=O)c3cc(C)c(Oc4ccc(OCc5ccc(Cl)c(Cl)c5)cn4)c(Cl)c3)CC2)cc1.Cl. The Hall–Kier alpha value is -3.26. The van der Waals surface area contributed by atoms with E-state index in [-0.39, 0.29) is 12.4 Å². The van der Waals surface area contributed by atoms with Gasteiger partial charge in [0, 0.05) is 50.6 Å². The van der Waals surface area contributed by atoms with E-state index in [0.717, 1.165) is 61.4 Å². The van der Waals surface area contributed by atoms with Crippen LogP contribution in [-0.2, 0) is 17.9 Å². The van der Waals surface area contributed by atoms with E-state index >= 15 is 0 Å². The zero-order chi connectivity index (χ0) is 30.3. The molecule has 0 radical (unpaired) electrons. The van der Waals surface area contributed by atoms with Crippen LogP contribution in [0.25, 0.3) is 5.70 Å². The molecule has 6 nitrogen and oxygen atoms in total. The molecule has 0 N–H and O–H groups in total. The summed E-state index contributed by atoms with van der Waals surface area (Å²) in [5, 5.41) is 1.42. The maximum Gasteiger partial charge on any atom is 0.219 e. The summed E-state index contributed by atoms with van der Waals surface area (Å²) in [6.45, 7) is 8.68. The van der Waals surface area contributed by atoms with Gasteiger partial charge in [-0.05, 0) is 66.4 Å². The van der Waals surface area contributed by atoms with Crippen LogP contribution in [0.4, 0.5) is 0 Å². The van der Waals surface area contributed by atoms with Crippen molar-refractivity contribution in [3.05, 3.63) is 122 Å². The molecule has 230 valence electrons. The Morgan fingerprint density at radius 3 is 2.23 bits per heavy atom. The maximum atomic E-state index is 11.6. The van der Waals surface area contributed by atoms with Crippen LogP contribution in [0.2, 0.25) is 15.1 Å². The smallest absolute Gasteiger partial charge is 0.219 e. The largest absolute Gasteiger partial charge is 0.487 e. The number of hydrogen-bond acceptors (Lipinski definition) is 6. The second-order valence-electron chi connectivity index (χ2n) is 10.5. The Kier molecular flexibility index (Phi) is 12.0. The van der Waals surface area contributed by atoms with E-state index in [1.165, 1.54) is 11.1 Å². The molecule has 5 rings (SSSR count). The molecule has 0 atom stereocenters. The maximum absolute atomic E-state index is 11.6. The molecule has 44 heavy (non-hydrogen) atoms. The molecule has 1 aliphatic heterocycles. The number of ether oxygens (including phenoxy) is 2. The number of halogens is 4. The van der Waals surface area contributed by atoms with Crippen LogP contribution in [0.1, 0.15) is 27.8 Å². The van der Waals surface area contributed by atoms with E-state index in [4.69, 9.17) is 44.3 Å². The van der Waals surface area contributed by atoms with Crippen LogP contribution >= 0.6 is 47.2 Å². The second-order valence-corrected chi connectivity index (χ2v) is 11.7. The highest BCUT2D eigenvalue weighted by Gasteiger charge is 2.21. The first-order valence-electron chi connectivity index (χ1n) is 14.0. The van der Waals surface area contributed by atoms with Crippen molar-refractivity contribution in [3.63, 3.8) is 0 Å². The Bertz CT molecular complexity index is 1580. The van der Waals surface area contributed by atoms with E-state index in [9.17, 15) is 4.79 Å². The van der Waals surface area contributed by atoms with E-state index in [2.05, 4.69) is 46.0 Å². The summed E-state index contributed by atoms with van der Waals surface area (Å²) >= 11 is 18.8. The van der Waals surface area contributed by atoms with Gasteiger partial charge in [0.05, 0.1) is 21.3 Å². The summed E-state index contributed by atoms with van der Waals surface area (Å²) in [6.07, 6.45) is 4.03. The summed E-state index contributed by atoms with van der Waals surface area (Å²) in [5.41, 5.74) is 6.01. The minimum atomic E-state index is 0. The number of piperazine rings is 1. The number of nitrogens with zero attached hydrogens (tertiary/aromatic N) is 3. The molecule has 10 heteroatoms. The van der Waals surface area contributed by atoms with Gasteiger partial charge in [0.15, 0.2) is 5.75 Å². The second kappa shape index (κ2) is 15.6. The molecule has 3 aromatic carbocycles. The predicted molar refractivity (Wildman–Crippen MR) is 181 cm³/mol. The van der Waals surface area contributed by atoms with Crippen molar-refractivity contribution in [3.8, 4) is 17.4 Å². The van der Waals surface area contributed by atoms with Crippen LogP contribution in [-0.4, -0.2) is 47.2 Å². The number of benzene rings is 3. The number of carbonyl (C=O) groups excluding carboxylic acids is 1. The number of aldehydes is 1. The molecule has 4 aromatic rings. The van der Waals surface area contributed by atoms with Crippen molar-refractivity contribution in [1.29, 1.82) is 0 Å². The Morgan fingerprint density at radius 1 is 0.864 bits per heavy atom. The molecule has 0 amide bonds. The number of hydrogen-bond donors (Lipinski definition) is 0. The lowest BCUT2D eigenvalue weighted by Gasteiger charge is -2.37. The predicted octanol–water partition coefficient (Wildman–Crippen LogP) is 8.81. The molecular weight excluding hydrogens is 640 g/mol. The normalized spacial score (nSPS) is 13.8. The average Bonchev–Trinajstić information content (AvgIpc) is 3.00. The molecule has 0 saturated carbocycles. The van der Waals surface area contributed by atoms with Crippen molar-refractivity contribution < 1.29 is 14.3 Å². The van der Waals surface area contributed by atoms with Crippen LogP contribution in [0.3, 0.4) is 0 Å². The highest BCUT2D eigenvalue weighted by Crippen LogP contribution is 2.36. The fourth-order valence-corrected chi connectivity index (χ4v) is 5.59. The van der Waals surface area contributed by atoms with Gasteiger partial charge >= 0.3 is 0 Å². The first-order chi connectivity index (χ1) is 20.8. The molecule has 1 saturated heterocycles. The zero-order valence-electron chi connectivity index (χ0n) is 24.4. The minimum absolute atomic E-state index is 0. The molecule has 0 spiro atoms. The van der Waals surface area contributed by atoms with Gasteiger partial charge in [-0.2, -0.15) is 0 Å². The van der Waals surface area contributed by atoms with Crippen LogP contribution < -0.4 is 9.47 Å². The third-order valence-electron chi connectivity index (χ3n) is 7.30. The minimum Gasteiger partial charge on any atom is -0.487 e. The molecule has 0 bridgehead atoms. The number of carbonyl (C=O) groups is 1. The molecule has 0 aliphatic carbocycles. The summed E-state index contributed by atoms with van der Waals surface area (Å²) in [6, 6.07) is 21.4. The van der Waals surface area contributed by atoms with Gasteiger partial charge in [0.25, 0.3) is 0 Å². The molecule has 1 aliphatic rings. The van der Waals surface area contributed by atoms with Gasteiger partial charge in [0.2, 0.25) is 5.88 Å². The van der Waals surface area contributed by atoms with Gasteiger partial charge in [0.1, 0.15) is 18.6 Å². The van der Waals surface area contributed by atoms with Crippen molar-refractivity contribution in [1.82, 2.24) is 14.8 Å². The molecular formula is C34H33Cl4N3O3. The highest BCUT2D eigenvalue weighted by molar-refractivity contribution is 6.42. The summed E-state index contributed by atoms with van der Waals surface area (Å²) in [5.74, 6) is 1.47. The number of aryl methyl sites for hydroxylation is 2. The third-order valence-corrected chi connectivity index (χ3v) is 8.32. The van der Waals surface area contributed by atoms with Crippen molar-refractivity contribution in [2.24, 2.45) is 0 Å². The molecule has 1 aromatic heterocycles. The van der Waals surface area contributed by atoms with E-state index in [0.29, 0.717) is 39.1 Å². The van der Waals surface area contributed by atoms with E-state index in [1.54, 1.807) is 36.5 Å². The van der Waals surface area contributed by atoms with Crippen molar-refractivity contribution in [2.75, 3.05) is 26.2 Å². The first-order valence-corrected chi connectivity index (χ1v) is 15.1. The molecule has 0 unspecified atom stereocenters. The summed E-state index contributed by atoms with van der Waals surface area (Å²) in [4.78, 5) is 20.7. The number of rotatable bonds is 10. The van der Waals surface area contributed by atoms with Crippen LogP contribution in [0.5, 0.6) is 17.4 Å². The number of aromatic nitrogens is 1. The lowest BCUT2D eigenvalue weighted by atomic mass is 10.1.